The topological polar surface area (TPSA) is 0 Å². The molecule has 1 aliphatic carbocycles. The van der Waals surface area contributed by atoms with E-state index in [4.69, 9.17) is 0 Å². The molecule has 1 saturated carbocycles. The summed E-state index contributed by atoms with van der Waals surface area (Å²) in [5.74, 6) is -0.428. The van der Waals surface area contributed by atoms with E-state index >= 15 is 0 Å². The maximum absolute atomic E-state index is 12.3. The summed E-state index contributed by atoms with van der Waals surface area (Å²) in [4.78, 5) is 0. The third-order valence-corrected chi connectivity index (χ3v) is 1.64. The smallest absolute Gasteiger partial charge is 0.237 e. The monoisotopic (exact) mass is 124 g/mol. The Morgan fingerprint density at radius 2 is 2.00 bits per heavy atom. The Labute approximate surface area is 45.7 Å². The summed E-state index contributed by atoms with van der Waals surface area (Å²) in [6.45, 7) is 1.49. The van der Waals surface area contributed by atoms with Crippen molar-refractivity contribution < 1.29 is 13.2 Å². The van der Waals surface area contributed by atoms with Crippen LogP contribution < -0.4 is 0 Å². The molecule has 8 heavy (non-hydrogen) atoms. The van der Waals surface area contributed by atoms with Crippen LogP contribution in [0.4, 0.5) is 13.2 Å². The Balaban J connectivity index is 2.47. The molecule has 0 nitrogen and oxygen atoms in total. The zero-order valence-corrected chi connectivity index (χ0v) is 4.50. The molecule has 1 aliphatic rings. The molecule has 1 fully saturated rings. The van der Waals surface area contributed by atoms with Crippen molar-refractivity contribution in [3.63, 3.8) is 0 Å². The van der Waals surface area contributed by atoms with E-state index in [2.05, 4.69) is 0 Å². The van der Waals surface area contributed by atoms with Gasteiger partial charge >= 0.3 is 0 Å². The van der Waals surface area contributed by atoms with E-state index in [1.165, 1.54) is 6.92 Å². The predicted molar refractivity (Wildman–Crippen MR) is 23.6 cm³/mol. The van der Waals surface area contributed by atoms with Gasteiger partial charge in [-0.05, 0) is 12.3 Å². The number of hydrogen-bond acceptors (Lipinski definition) is 0. The van der Waals surface area contributed by atoms with Gasteiger partial charge in [-0.1, -0.05) is 6.92 Å². The van der Waals surface area contributed by atoms with E-state index in [1.54, 1.807) is 0 Å². The van der Waals surface area contributed by atoms with Gasteiger partial charge in [-0.2, -0.15) is 0 Å². The lowest BCUT2D eigenvalue weighted by molar-refractivity contribution is 0.0247. The minimum atomic E-state index is -2.78. The first-order chi connectivity index (χ1) is 3.57. The van der Waals surface area contributed by atoms with Crippen molar-refractivity contribution in [3.8, 4) is 0 Å². The largest absolute Gasteiger partial charge is 0.272 e. The third-order valence-electron chi connectivity index (χ3n) is 1.64. The van der Waals surface area contributed by atoms with Gasteiger partial charge in [0, 0.05) is 0 Å². The molecule has 3 heteroatoms. The van der Waals surface area contributed by atoms with Crippen LogP contribution in [0.2, 0.25) is 0 Å². The minimum absolute atomic E-state index is 0.0324. The van der Waals surface area contributed by atoms with Crippen LogP contribution in [0.15, 0.2) is 0 Å². The van der Waals surface area contributed by atoms with Crippen molar-refractivity contribution >= 4 is 0 Å². The van der Waals surface area contributed by atoms with Crippen LogP contribution in [0.1, 0.15) is 13.3 Å². The van der Waals surface area contributed by atoms with Gasteiger partial charge in [0.2, 0.25) is 0 Å². The zero-order valence-electron chi connectivity index (χ0n) is 4.50. The van der Waals surface area contributed by atoms with Crippen LogP contribution in [0.3, 0.4) is 0 Å². The standard InChI is InChI=1S/C5H7F3/c1-3-2-5(3,8)4(6)7/h3-4H,2H2,1H3/t3-,5-/m0/s1. The summed E-state index contributed by atoms with van der Waals surface area (Å²) in [5.41, 5.74) is -2.12. The summed E-state index contributed by atoms with van der Waals surface area (Å²) in [7, 11) is 0. The van der Waals surface area contributed by atoms with E-state index in [9.17, 15) is 13.2 Å². The van der Waals surface area contributed by atoms with Gasteiger partial charge < -0.3 is 0 Å². The molecule has 0 heterocycles. The lowest BCUT2D eigenvalue weighted by Crippen LogP contribution is -2.14. The fourth-order valence-corrected chi connectivity index (χ4v) is 0.715. The second-order valence-corrected chi connectivity index (χ2v) is 2.33. The van der Waals surface area contributed by atoms with Gasteiger partial charge in [0.1, 0.15) is 0 Å². The van der Waals surface area contributed by atoms with Crippen LogP contribution in [0, 0.1) is 5.92 Å². The molecule has 0 aromatic carbocycles. The SMILES string of the molecule is C[C@H]1C[C@@]1(F)C(F)F. The second-order valence-electron chi connectivity index (χ2n) is 2.33. The molecule has 0 saturated heterocycles. The summed E-state index contributed by atoms with van der Waals surface area (Å²) < 4.78 is 35.2. The predicted octanol–water partition coefficient (Wildman–Crippen LogP) is 2.00. The molecule has 0 aromatic rings. The normalized spacial score (nSPS) is 45.4. The van der Waals surface area contributed by atoms with Crippen LogP contribution in [0.25, 0.3) is 0 Å². The maximum atomic E-state index is 12.3. The average molecular weight is 124 g/mol. The lowest BCUT2D eigenvalue weighted by atomic mass is 10.3. The first-order valence-electron chi connectivity index (χ1n) is 2.54. The Bertz CT molecular complexity index is 102. The molecule has 0 spiro atoms. The van der Waals surface area contributed by atoms with Gasteiger partial charge in [0.15, 0.2) is 5.67 Å². The Hall–Kier alpha value is -0.210. The second kappa shape index (κ2) is 1.39. The molecule has 0 bridgehead atoms. The summed E-state index contributed by atoms with van der Waals surface area (Å²) in [5, 5.41) is 0. The van der Waals surface area contributed by atoms with Gasteiger partial charge in [0.05, 0.1) is 0 Å². The Morgan fingerprint density at radius 1 is 1.62 bits per heavy atom. The molecule has 2 atom stereocenters. The molecule has 48 valence electrons. The number of hydrogen-bond donors (Lipinski definition) is 0. The lowest BCUT2D eigenvalue weighted by Gasteiger charge is -2.00. The third kappa shape index (κ3) is 0.607. The van der Waals surface area contributed by atoms with Crippen LogP contribution in [-0.4, -0.2) is 12.1 Å². The Morgan fingerprint density at radius 3 is 2.00 bits per heavy atom. The number of halogens is 3. The first-order valence-corrected chi connectivity index (χ1v) is 2.54. The molecule has 0 amide bonds. The number of alkyl halides is 3. The van der Waals surface area contributed by atoms with Gasteiger partial charge in [-0.25, -0.2) is 13.2 Å². The highest BCUT2D eigenvalue weighted by Crippen LogP contribution is 2.50. The van der Waals surface area contributed by atoms with Crippen LogP contribution in [0.5, 0.6) is 0 Å². The summed E-state index contributed by atoms with van der Waals surface area (Å²) in [6, 6.07) is 0. The van der Waals surface area contributed by atoms with Gasteiger partial charge in [-0.15, -0.1) is 0 Å². The highest BCUT2D eigenvalue weighted by Gasteiger charge is 2.59. The van der Waals surface area contributed by atoms with E-state index in [1.807, 2.05) is 0 Å². The zero-order chi connectivity index (χ0) is 6.36. The van der Waals surface area contributed by atoms with E-state index in [0.29, 0.717) is 0 Å². The molecular weight excluding hydrogens is 117 g/mol. The van der Waals surface area contributed by atoms with Gasteiger partial charge in [-0.3, -0.25) is 0 Å². The molecular formula is C5H7F3. The van der Waals surface area contributed by atoms with E-state index < -0.39 is 18.0 Å². The molecule has 0 aliphatic heterocycles. The highest BCUT2D eigenvalue weighted by atomic mass is 19.3. The molecule has 0 aromatic heterocycles. The maximum Gasteiger partial charge on any atom is 0.272 e. The van der Waals surface area contributed by atoms with Crippen molar-refractivity contribution in [3.05, 3.63) is 0 Å². The van der Waals surface area contributed by atoms with Gasteiger partial charge in [0.25, 0.3) is 6.43 Å². The van der Waals surface area contributed by atoms with Crippen molar-refractivity contribution in [2.45, 2.75) is 25.4 Å². The van der Waals surface area contributed by atoms with E-state index in [0.717, 1.165) is 0 Å². The fourth-order valence-electron chi connectivity index (χ4n) is 0.715. The number of rotatable bonds is 1. The molecule has 0 N–H and O–H groups in total. The molecule has 1 rings (SSSR count). The van der Waals surface area contributed by atoms with Crippen molar-refractivity contribution in [2.24, 2.45) is 5.92 Å². The molecule has 0 radical (unpaired) electrons. The van der Waals surface area contributed by atoms with Crippen molar-refractivity contribution in [2.75, 3.05) is 0 Å². The minimum Gasteiger partial charge on any atom is -0.237 e. The summed E-state index contributed by atoms with van der Waals surface area (Å²) >= 11 is 0. The van der Waals surface area contributed by atoms with E-state index in [-0.39, 0.29) is 6.42 Å². The van der Waals surface area contributed by atoms with Crippen LogP contribution in [-0.2, 0) is 0 Å². The fraction of sp³-hybridized carbons (Fsp3) is 1.00. The van der Waals surface area contributed by atoms with Crippen LogP contribution >= 0.6 is 0 Å². The average Bonchev–Trinajstić information content (AvgIpc) is 2.17. The highest BCUT2D eigenvalue weighted by molar-refractivity contribution is 5.03. The quantitative estimate of drug-likeness (QED) is 0.501. The summed E-state index contributed by atoms with van der Waals surface area (Å²) in [6.07, 6.45) is -2.75. The van der Waals surface area contributed by atoms with Crippen molar-refractivity contribution in [1.82, 2.24) is 0 Å². The molecule has 0 unspecified atom stereocenters. The first kappa shape index (κ1) is 5.92. The Kier molecular flexibility index (Phi) is 1.03. The van der Waals surface area contributed by atoms with Crippen molar-refractivity contribution in [1.29, 1.82) is 0 Å².